The molecule has 0 atom stereocenters. The van der Waals surface area contributed by atoms with Crippen LogP contribution in [0.15, 0.2) is 35.4 Å². The molecule has 1 aliphatic rings. The highest BCUT2D eigenvalue weighted by Crippen LogP contribution is 2.40. The molecular formula is C30H36Cl2O5. The molecule has 5 nitrogen and oxygen atoms in total. The van der Waals surface area contributed by atoms with Gasteiger partial charge in [0.25, 0.3) is 0 Å². The van der Waals surface area contributed by atoms with Crippen LogP contribution < -0.4 is 18.9 Å². The summed E-state index contributed by atoms with van der Waals surface area (Å²) >= 11 is 13.1. The molecule has 0 heterocycles. The van der Waals surface area contributed by atoms with Crippen molar-refractivity contribution in [1.29, 1.82) is 0 Å². The van der Waals surface area contributed by atoms with Crippen molar-refractivity contribution in [3.8, 4) is 23.0 Å². The van der Waals surface area contributed by atoms with Gasteiger partial charge in [-0.2, -0.15) is 0 Å². The molecule has 0 N–H and O–H groups in total. The topological polar surface area (TPSA) is 54.0 Å². The van der Waals surface area contributed by atoms with Crippen molar-refractivity contribution in [2.75, 3.05) is 13.2 Å². The summed E-state index contributed by atoms with van der Waals surface area (Å²) in [6, 6.07) is 7.35. The maximum atomic E-state index is 13.4. The molecule has 3 rings (SSSR count). The van der Waals surface area contributed by atoms with Gasteiger partial charge in [0.1, 0.15) is 0 Å². The molecule has 1 fully saturated rings. The molecule has 0 unspecified atom stereocenters. The minimum atomic E-state index is -0.0451. The number of hydrogen-bond acceptors (Lipinski definition) is 5. The molecule has 0 amide bonds. The summed E-state index contributed by atoms with van der Waals surface area (Å²) in [7, 11) is 0. The molecule has 0 saturated heterocycles. The molecule has 0 aromatic heterocycles. The zero-order valence-electron chi connectivity index (χ0n) is 22.5. The van der Waals surface area contributed by atoms with Crippen molar-refractivity contribution in [3.05, 3.63) is 56.6 Å². The Morgan fingerprint density at radius 1 is 0.757 bits per heavy atom. The largest absolute Gasteiger partial charge is 0.490 e. The van der Waals surface area contributed by atoms with Crippen LogP contribution in [-0.4, -0.2) is 31.2 Å². The number of allylic oxidation sites excluding steroid dienone is 2. The van der Waals surface area contributed by atoms with Gasteiger partial charge in [0, 0.05) is 11.1 Å². The maximum absolute atomic E-state index is 13.4. The number of ketones is 1. The van der Waals surface area contributed by atoms with E-state index in [1.54, 1.807) is 0 Å². The number of rotatable bonds is 10. The summed E-state index contributed by atoms with van der Waals surface area (Å²) in [5.74, 6) is 2.18. The van der Waals surface area contributed by atoms with E-state index < -0.39 is 0 Å². The minimum absolute atomic E-state index is 0.0134. The number of carbonyl (C=O) groups is 1. The van der Waals surface area contributed by atoms with Crippen LogP contribution in [0.2, 0.25) is 10.0 Å². The number of Topliss-reactive ketones (excluding diaryl/α,β-unsaturated/α-hetero) is 1. The first kappa shape index (κ1) is 28.9. The number of benzene rings is 2. The standard InChI is InChI=1S/C30H36Cl2O5/c1-7-34-26-16-20(14-24(31)29(26)36-18(3)4)12-22-10-9-11-23(28(22)33)13-21-15-25(32)30(37-19(5)6)27(17-21)35-8-2/h12-19H,7-11H2,1-6H3. The summed E-state index contributed by atoms with van der Waals surface area (Å²) in [4.78, 5) is 13.4. The van der Waals surface area contributed by atoms with Gasteiger partial charge in [0.2, 0.25) is 0 Å². The third-order valence-electron chi connectivity index (χ3n) is 5.53. The van der Waals surface area contributed by atoms with Crippen LogP contribution in [0.5, 0.6) is 23.0 Å². The van der Waals surface area contributed by atoms with Crippen molar-refractivity contribution in [3.63, 3.8) is 0 Å². The van der Waals surface area contributed by atoms with E-state index in [1.165, 1.54) is 0 Å². The highest BCUT2D eigenvalue weighted by atomic mass is 35.5. The Kier molecular flexibility index (Phi) is 10.4. The van der Waals surface area contributed by atoms with E-state index in [0.717, 1.165) is 28.7 Å². The van der Waals surface area contributed by atoms with Crippen LogP contribution in [-0.2, 0) is 4.79 Å². The lowest BCUT2D eigenvalue weighted by atomic mass is 9.87. The van der Waals surface area contributed by atoms with Crippen LogP contribution in [0.1, 0.15) is 71.9 Å². The fourth-order valence-electron chi connectivity index (χ4n) is 4.15. The predicted octanol–water partition coefficient (Wildman–Crippen LogP) is 8.59. The Balaban J connectivity index is 1.94. The second-order valence-electron chi connectivity index (χ2n) is 9.38. The maximum Gasteiger partial charge on any atom is 0.185 e. The molecule has 200 valence electrons. The third-order valence-corrected chi connectivity index (χ3v) is 6.09. The second kappa shape index (κ2) is 13.3. The van der Waals surface area contributed by atoms with Crippen molar-refractivity contribution in [2.24, 2.45) is 0 Å². The smallest absolute Gasteiger partial charge is 0.185 e. The lowest BCUT2D eigenvalue weighted by Gasteiger charge is -2.19. The van der Waals surface area contributed by atoms with Crippen molar-refractivity contribution in [1.82, 2.24) is 0 Å². The molecule has 7 heteroatoms. The quantitative estimate of drug-likeness (QED) is 0.279. The van der Waals surface area contributed by atoms with Gasteiger partial charge in [0.05, 0.1) is 35.5 Å². The second-order valence-corrected chi connectivity index (χ2v) is 10.2. The number of ether oxygens (including phenoxy) is 4. The van der Waals surface area contributed by atoms with Gasteiger partial charge in [-0.25, -0.2) is 0 Å². The Bertz CT molecular complexity index is 1090. The van der Waals surface area contributed by atoms with Crippen LogP contribution in [0, 0.1) is 0 Å². The van der Waals surface area contributed by atoms with Crippen molar-refractivity contribution < 1.29 is 23.7 Å². The first-order valence-electron chi connectivity index (χ1n) is 12.8. The monoisotopic (exact) mass is 546 g/mol. The molecule has 37 heavy (non-hydrogen) atoms. The van der Waals surface area contributed by atoms with E-state index in [-0.39, 0.29) is 18.0 Å². The molecule has 2 aromatic rings. The van der Waals surface area contributed by atoms with E-state index >= 15 is 0 Å². The summed E-state index contributed by atoms with van der Waals surface area (Å²) in [5, 5.41) is 0.902. The molecule has 0 radical (unpaired) electrons. The number of carbonyl (C=O) groups excluding carboxylic acids is 1. The van der Waals surface area contributed by atoms with Crippen LogP contribution in [0.25, 0.3) is 12.2 Å². The zero-order chi connectivity index (χ0) is 27.1. The normalized spacial score (nSPS) is 16.1. The molecule has 0 aliphatic heterocycles. The molecule has 0 spiro atoms. The summed E-state index contributed by atoms with van der Waals surface area (Å²) in [6.07, 6.45) is 5.93. The fourth-order valence-corrected chi connectivity index (χ4v) is 4.68. The van der Waals surface area contributed by atoms with Crippen LogP contribution in [0.4, 0.5) is 0 Å². The molecular weight excluding hydrogens is 511 g/mol. The van der Waals surface area contributed by atoms with Gasteiger partial charge in [-0.1, -0.05) is 23.2 Å². The average Bonchev–Trinajstić information content (AvgIpc) is 2.81. The predicted molar refractivity (Wildman–Crippen MR) is 152 cm³/mol. The first-order valence-corrected chi connectivity index (χ1v) is 13.6. The highest BCUT2D eigenvalue weighted by molar-refractivity contribution is 6.33. The molecule has 2 aromatic carbocycles. The van der Waals surface area contributed by atoms with Crippen molar-refractivity contribution in [2.45, 2.75) is 73.0 Å². The third kappa shape index (κ3) is 7.68. The lowest BCUT2D eigenvalue weighted by Crippen LogP contribution is -2.12. The first-order chi connectivity index (χ1) is 17.6. The van der Waals surface area contributed by atoms with Gasteiger partial charge in [-0.05, 0) is 108 Å². The van der Waals surface area contributed by atoms with E-state index in [2.05, 4.69) is 0 Å². The van der Waals surface area contributed by atoms with Crippen LogP contribution in [0.3, 0.4) is 0 Å². The van der Waals surface area contributed by atoms with E-state index in [1.807, 2.05) is 78.0 Å². The average molecular weight is 548 g/mol. The minimum Gasteiger partial charge on any atom is -0.490 e. The summed E-state index contributed by atoms with van der Waals surface area (Å²) < 4.78 is 23.3. The van der Waals surface area contributed by atoms with Gasteiger partial charge in [-0.15, -0.1) is 0 Å². The Hall–Kier alpha value is -2.63. The summed E-state index contributed by atoms with van der Waals surface area (Å²) in [6.45, 7) is 12.5. The summed E-state index contributed by atoms with van der Waals surface area (Å²) in [5.41, 5.74) is 3.05. The molecule has 1 saturated carbocycles. The van der Waals surface area contributed by atoms with Gasteiger partial charge in [-0.3, -0.25) is 4.79 Å². The van der Waals surface area contributed by atoms with Crippen LogP contribution >= 0.6 is 23.2 Å². The Morgan fingerprint density at radius 3 is 1.51 bits per heavy atom. The highest BCUT2D eigenvalue weighted by Gasteiger charge is 2.22. The molecule has 0 bridgehead atoms. The SMILES string of the molecule is CCOc1cc(C=C2CCCC(=Cc3cc(Cl)c(OC(C)C)c(OCC)c3)C2=O)cc(Cl)c1OC(C)C. The van der Waals surface area contributed by atoms with Gasteiger partial charge < -0.3 is 18.9 Å². The van der Waals surface area contributed by atoms with Gasteiger partial charge >= 0.3 is 0 Å². The Labute approximate surface area is 230 Å². The lowest BCUT2D eigenvalue weighted by molar-refractivity contribution is -0.112. The number of hydrogen-bond donors (Lipinski definition) is 0. The fraction of sp³-hybridized carbons (Fsp3) is 0.433. The van der Waals surface area contributed by atoms with Crippen molar-refractivity contribution >= 4 is 41.1 Å². The number of halogens is 2. The Morgan fingerprint density at radius 2 is 1.16 bits per heavy atom. The van der Waals surface area contributed by atoms with E-state index in [0.29, 0.717) is 59.1 Å². The molecule has 1 aliphatic carbocycles. The zero-order valence-corrected chi connectivity index (χ0v) is 24.0. The van der Waals surface area contributed by atoms with Gasteiger partial charge in [0.15, 0.2) is 28.8 Å². The van der Waals surface area contributed by atoms with E-state index in [9.17, 15) is 4.79 Å². The van der Waals surface area contributed by atoms with E-state index in [4.69, 9.17) is 42.1 Å².